The van der Waals surface area contributed by atoms with Gasteiger partial charge in [-0.3, -0.25) is 4.79 Å². The molecule has 0 spiro atoms. The van der Waals surface area contributed by atoms with Gasteiger partial charge >= 0.3 is 0 Å². The topological polar surface area (TPSA) is 55.6 Å². The summed E-state index contributed by atoms with van der Waals surface area (Å²) in [7, 11) is 3.40. The molecule has 4 nitrogen and oxygen atoms in total. The third-order valence-electron chi connectivity index (χ3n) is 3.56. The maximum atomic E-state index is 12.3. The predicted octanol–water partition coefficient (Wildman–Crippen LogP) is 2.15. The van der Waals surface area contributed by atoms with Crippen LogP contribution in [0.1, 0.15) is 29.6 Å². The van der Waals surface area contributed by atoms with Gasteiger partial charge in [-0.2, -0.15) is 0 Å². The summed E-state index contributed by atoms with van der Waals surface area (Å²) in [5.74, 6) is 1.21. The fourth-order valence-corrected chi connectivity index (χ4v) is 2.24. The first-order valence-corrected chi connectivity index (χ1v) is 6.30. The number of nitrogens with two attached hydrogens (primary N) is 1. The molecule has 1 aliphatic carbocycles. The summed E-state index contributed by atoms with van der Waals surface area (Å²) in [4.78, 5) is 14.1. The highest BCUT2D eigenvalue weighted by Gasteiger charge is 2.23. The summed E-state index contributed by atoms with van der Waals surface area (Å²) in [5.41, 5.74) is 6.85. The van der Waals surface area contributed by atoms with Crippen LogP contribution < -0.4 is 10.5 Å². The molecule has 1 saturated carbocycles. The fourth-order valence-electron chi connectivity index (χ4n) is 2.24. The molecule has 1 fully saturated rings. The largest absolute Gasteiger partial charge is 0.496 e. The second-order valence-electron chi connectivity index (χ2n) is 4.94. The van der Waals surface area contributed by atoms with E-state index < -0.39 is 0 Å². The van der Waals surface area contributed by atoms with Crippen LogP contribution in [0, 0.1) is 5.92 Å². The summed E-state index contributed by atoms with van der Waals surface area (Å²) < 4.78 is 5.21. The second-order valence-corrected chi connectivity index (χ2v) is 4.94. The third-order valence-corrected chi connectivity index (χ3v) is 3.56. The normalized spacial score (nSPS) is 15.0. The zero-order valence-electron chi connectivity index (χ0n) is 11.0. The number of carbonyl (C=O) groups excluding carboxylic acids is 1. The lowest BCUT2D eigenvalue weighted by Gasteiger charge is -2.30. The predicted molar refractivity (Wildman–Crippen MR) is 71.7 cm³/mol. The van der Waals surface area contributed by atoms with E-state index in [1.54, 1.807) is 30.2 Å². The van der Waals surface area contributed by atoms with Gasteiger partial charge in [0, 0.05) is 19.3 Å². The molecular formula is C14H20N2O2. The summed E-state index contributed by atoms with van der Waals surface area (Å²) in [6.07, 6.45) is 3.74. The minimum Gasteiger partial charge on any atom is -0.496 e. The fraction of sp³-hybridized carbons (Fsp3) is 0.500. The molecule has 0 radical (unpaired) electrons. The monoisotopic (exact) mass is 248 g/mol. The standard InChI is InChI=1S/C14H20N2O2/c1-16(9-10-4-3-5-10)14(17)12-8-11(15)6-7-13(12)18-2/h6-8,10H,3-5,9,15H2,1-2H3. The molecule has 0 saturated heterocycles. The van der Waals surface area contributed by atoms with Gasteiger partial charge < -0.3 is 15.4 Å². The van der Waals surface area contributed by atoms with Gasteiger partial charge in [0.1, 0.15) is 5.75 Å². The lowest BCUT2D eigenvalue weighted by molar-refractivity contribution is 0.0742. The molecule has 0 aliphatic heterocycles. The summed E-state index contributed by atoms with van der Waals surface area (Å²) in [6.45, 7) is 0.816. The Bertz CT molecular complexity index is 441. The maximum absolute atomic E-state index is 12.3. The average molecular weight is 248 g/mol. The Morgan fingerprint density at radius 3 is 2.78 bits per heavy atom. The maximum Gasteiger partial charge on any atom is 0.257 e. The van der Waals surface area contributed by atoms with Crippen LogP contribution in [0.3, 0.4) is 0 Å². The van der Waals surface area contributed by atoms with Crippen molar-refractivity contribution >= 4 is 11.6 Å². The van der Waals surface area contributed by atoms with Gasteiger partial charge in [0.2, 0.25) is 0 Å². The van der Waals surface area contributed by atoms with Crippen molar-refractivity contribution in [1.29, 1.82) is 0 Å². The van der Waals surface area contributed by atoms with E-state index in [1.807, 2.05) is 7.05 Å². The number of ether oxygens (including phenoxy) is 1. The van der Waals surface area contributed by atoms with E-state index >= 15 is 0 Å². The van der Waals surface area contributed by atoms with Crippen LogP contribution in [0.2, 0.25) is 0 Å². The van der Waals surface area contributed by atoms with Crippen molar-refractivity contribution in [3.63, 3.8) is 0 Å². The quantitative estimate of drug-likeness (QED) is 0.831. The van der Waals surface area contributed by atoms with Crippen molar-refractivity contribution in [3.8, 4) is 5.75 Å². The Kier molecular flexibility index (Phi) is 3.75. The van der Waals surface area contributed by atoms with Crippen molar-refractivity contribution in [2.45, 2.75) is 19.3 Å². The van der Waals surface area contributed by atoms with Crippen LogP contribution in [0.4, 0.5) is 5.69 Å². The molecule has 1 aromatic carbocycles. The number of methoxy groups -OCH3 is 1. The third kappa shape index (κ3) is 2.58. The lowest BCUT2D eigenvalue weighted by Crippen LogP contribution is -2.34. The number of hydrogen-bond donors (Lipinski definition) is 1. The number of anilines is 1. The number of nitrogen functional groups attached to an aromatic ring is 1. The van der Waals surface area contributed by atoms with Gasteiger partial charge in [-0.1, -0.05) is 6.42 Å². The van der Waals surface area contributed by atoms with Crippen LogP contribution in [0.5, 0.6) is 5.75 Å². The molecule has 2 N–H and O–H groups in total. The first kappa shape index (κ1) is 12.7. The summed E-state index contributed by atoms with van der Waals surface area (Å²) in [6, 6.07) is 5.15. The molecule has 0 unspecified atom stereocenters. The van der Waals surface area contributed by atoms with Crippen molar-refractivity contribution in [1.82, 2.24) is 4.90 Å². The van der Waals surface area contributed by atoms with E-state index in [-0.39, 0.29) is 5.91 Å². The summed E-state index contributed by atoms with van der Waals surface area (Å²) >= 11 is 0. The molecular weight excluding hydrogens is 228 g/mol. The molecule has 18 heavy (non-hydrogen) atoms. The van der Waals surface area contributed by atoms with E-state index in [0.717, 1.165) is 6.54 Å². The Hall–Kier alpha value is -1.71. The van der Waals surface area contributed by atoms with Crippen LogP contribution in [-0.2, 0) is 0 Å². The number of rotatable bonds is 4. The zero-order valence-corrected chi connectivity index (χ0v) is 11.0. The zero-order chi connectivity index (χ0) is 13.1. The van der Waals surface area contributed by atoms with Crippen molar-refractivity contribution < 1.29 is 9.53 Å². The van der Waals surface area contributed by atoms with E-state index in [1.165, 1.54) is 19.3 Å². The van der Waals surface area contributed by atoms with Crippen LogP contribution in [-0.4, -0.2) is 31.5 Å². The molecule has 1 aromatic rings. The van der Waals surface area contributed by atoms with E-state index in [0.29, 0.717) is 22.9 Å². The highest BCUT2D eigenvalue weighted by Crippen LogP contribution is 2.28. The van der Waals surface area contributed by atoms with Gasteiger partial charge in [-0.25, -0.2) is 0 Å². The molecule has 4 heteroatoms. The van der Waals surface area contributed by atoms with Crippen molar-refractivity contribution in [2.75, 3.05) is 26.4 Å². The van der Waals surface area contributed by atoms with E-state index in [9.17, 15) is 4.79 Å². The number of benzene rings is 1. The number of hydrogen-bond acceptors (Lipinski definition) is 3. The smallest absolute Gasteiger partial charge is 0.257 e. The molecule has 0 bridgehead atoms. The SMILES string of the molecule is COc1ccc(N)cc1C(=O)N(C)CC1CCC1. The first-order valence-electron chi connectivity index (χ1n) is 6.30. The highest BCUT2D eigenvalue weighted by molar-refractivity contribution is 5.97. The minimum atomic E-state index is -0.0222. The van der Waals surface area contributed by atoms with Gasteiger partial charge in [-0.15, -0.1) is 0 Å². The molecule has 0 atom stereocenters. The molecule has 2 rings (SSSR count). The van der Waals surface area contributed by atoms with Crippen LogP contribution in [0.15, 0.2) is 18.2 Å². The van der Waals surface area contributed by atoms with Gasteiger partial charge in [0.05, 0.1) is 12.7 Å². The summed E-state index contributed by atoms with van der Waals surface area (Å²) in [5, 5.41) is 0. The number of nitrogens with zero attached hydrogens (tertiary/aromatic N) is 1. The number of amides is 1. The average Bonchev–Trinajstić information content (AvgIpc) is 2.32. The highest BCUT2D eigenvalue weighted by atomic mass is 16.5. The Morgan fingerprint density at radius 2 is 2.22 bits per heavy atom. The lowest BCUT2D eigenvalue weighted by atomic mass is 9.85. The Labute approximate surface area is 108 Å². The number of carbonyl (C=O) groups is 1. The Morgan fingerprint density at radius 1 is 1.50 bits per heavy atom. The molecule has 0 heterocycles. The van der Waals surface area contributed by atoms with Gasteiger partial charge in [0.25, 0.3) is 5.91 Å². The van der Waals surface area contributed by atoms with Gasteiger partial charge in [-0.05, 0) is 37.0 Å². The molecule has 0 aromatic heterocycles. The molecule has 98 valence electrons. The van der Waals surface area contributed by atoms with Crippen molar-refractivity contribution in [3.05, 3.63) is 23.8 Å². The molecule has 1 aliphatic rings. The van der Waals surface area contributed by atoms with Crippen LogP contribution in [0.25, 0.3) is 0 Å². The Balaban J connectivity index is 2.13. The first-order chi connectivity index (χ1) is 8.61. The van der Waals surface area contributed by atoms with E-state index in [4.69, 9.17) is 10.5 Å². The molecule has 1 amide bonds. The minimum absolute atomic E-state index is 0.0222. The van der Waals surface area contributed by atoms with E-state index in [2.05, 4.69) is 0 Å². The van der Waals surface area contributed by atoms with Crippen molar-refractivity contribution in [2.24, 2.45) is 5.92 Å². The van der Waals surface area contributed by atoms with Gasteiger partial charge in [0.15, 0.2) is 0 Å². The second kappa shape index (κ2) is 5.29. The van der Waals surface area contributed by atoms with Crippen LogP contribution >= 0.6 is 0 Å².